The van der Waals surface area contributed by atoms with Crippen LogP contribution in [0.15, 0.2) is 48.8 Å². The van der Waals surface area contributed by atoms with Crippen LogP contribution in [0.2, 0.25) is 5.02 Å². The molecule has 0 atom stereocenters. The quantitative estimate of drug-likeness (QED) is 0.591. The van der Waals surface area contributed by atoms with Gasteiger partial charge in [-0.3, -0.25) is 4.79 Å². The van der Waals surface area contributed by atoms with Crippen LogP contribution in [0.4, 0.5) is 0 Å². The van der Waals surface area contributed by atoms with Gasteiger partial charge in [-0.05, 0) is 80.6 Å². The molecular weight excluding hydrogens is 396 g/mol. The van der Waals surface area contributed by atoms with Crippen LogP contribution in [0.5, 0.6) is 0 Å². The molecule has 0 spiro atoms. The lowest BCUT2D eigenvalue weighted by atomic mass is 9.96. The van der Waals surface area contributed by atoms with Crippen molar-refractivity contribution in [2.45, 2.75) is 26.2 Å². The van der Waals surface area contributed by atoms with Crippen molar-refractivity contribution in [3.63, 3.8) is 0 Å². The van der Waals surface area contributed by atoms with Gasteiger partial charge in [-0.25, -0.2) is 4.98 Å². The van der Waals surface area contributed by atoms with Crippen LogP contribution < -0.4 is 0 Å². The van der Waals surface area contributed by atoms with Gasteiger partial charge in [-0.2, -0.15) is 0 Å². The summed E-state index contributed by atoms with van der Waals surface area (Å²) in [4.78, 5) is 21.7. The van der Waals surface area contributed by atoms with Crippen molar-refractivity contribution in [1.82, 2.24) is 19.2 Å². The van der Waals surface area contributed by atoms with Crippen LogP contribution in [0, 0.1) is 12.8 Å². The summed E-state index contributed by atoms with van der Waals surface area (Å²) in [5.41, 5.74) is 3.81. The molecule has 1 fully saturated rings. The van der Waals surface area contributed by atoms with Crippen molar-refractivity contribution in [3.8, 4) is 0 Å². The lowest BCUT2D eigenvalue weighted by Gasteiger charge is -2.33. The van der Waals surface area contributed by atoms with E-state index in [1.165, 1.54) is 5.56 Å². The van der Waals surface area contributed by atoms with E-state index in [2.05, 4.69) is 22.0 Å². The number of carbonyl (C=O) groups excluding carboxylic acids is 1. The Kier molecular flexibility index (Phi) is 6.40. The fourth-order valence-electron chi connectivity index (χ4n) is 4.18. The van der Waals surface area contributed by atoms with E-state index in [0.717, 1.165) is 61.7 Å². The van der Waals surface area contributed by atoms with E-state index in [1.54, 1.807) is 0 Å². The third-order valence-corrected chi connectivity index (χ3v) is 6.30. The van der Waals surface area contributed by atoms with E-state index in [0.29, 0.717) is 11.6 Å². The summed E-state index contributed by atoms with van der Waals surface area (Å²) in [6.07, 6.45) is 7.08. The Morgan fingerprint density at radius 1 is 1.20 bits per heavy atom. The molecule has 5 nitrogen and oxygen atoms in total. The highest BCUT2D eigenvalue weighted by Crippen LogP contribution is 2.20. The number of aryl methyl sites for hydroxylation is 1. The molecule has 1 aliphatic rings. The molecule has 2 aromatic heterocycles. The van der Waals surface area contributed by atoms with Crippen molar-refractivity contribution in [2.75, 3.05) is 33.2 Å². The predicted molar refractivity (Wildman–Crippen MR) is 121 cm³/mol. The first-order chi connectivity index (χ1) is 14.5. The summed E-state index contributed by atoms with van der Waals surface area (Å²) in [5.74, 6) is 0.548. The molecule has 4 rings (SSSR count). The normalized spacial score (nSPS) is 15.6. The maximum Gasteiger partial charge on any atom is 0.273 e. The number of nitrogens with zero attached hydrogens (tertiary/aromatic N) is 4. The van der Waals surface area contributed by atoms with Crippen molar-refractivity contribution >= 4 is 23.2 Å². The van der Waals surface area contributed by atoms with Crippen molar-refractivity contribution < 1.29 is 4.79 Å². The lowest BCUT2D eigenvalue weighted by Crippen LogP contribution is -2.40. The zero-order valence-electron chi connectivity index (χ0n) is 17.7. The number of fused-ring (bicyclic) bond motifs is 1. The molecule has 1 aromatic carbocycles. The summed E-state index contributed by atoms with van der Waals surface area (Å²) in [5, 5.41) is 0.789. The largest absolute Gasteiger partial charge is 0.340 e. The molecule has 3 heterocycles. The topological polar surface area (TPSA) is 40.9 Å². The minimum atomic E-state index is 0.00141. The molecule has 30 heavy (non-hydrogen) atoms. The minimum Gasteiger partial charge on any atom is -0.340 e. The van der Waals surface area contributed by atoms with Crippen LogP contribution in [0.25, 0.3) is 5.65 Å². The van der Waals surface area contributed by atoms with Gasteiger partial charge >= 0.3 is 0 Å². The smallest absolute Gasteiger partial charge is 0.273 e. The molecule has 0 radical (unpaired) electrons. The Hall–Kier alpha value is -2.37. The molecule has 1 amide bonds. The molecule has 0 N–H and O–H groups in total. The minimum absolute atomic E-state index is 0.00141. The van der Waals surface area contributed by atoms with E-state index in [4.69, 9.17) is 11.6 Å². The Bertz CT molecular complexity index is 1010. The first kappa shape index (κ1) is 20.9. The highest BCUT2D eigenvalue weighted by Gasteiger charge is 2.23. The molecule has 6 heteroatoms. The highest BCUT2D eigenvalue weighted by atomic mass is 35.5. The van der Waals surface area contributed by atoms with Gasteiger partial charge in [0.1, 0.15) is 11.3 Å². The number of imidazole rings is 1. The summed E-state index contributed by atoms with van der Waals surface area (Å²) >= 11 is 5.96. The van der Waals surface area contributed by atoms with Crippen LogP contribution in [0.3, 0.4) is 0 Å². The second kappa shape index (κ2) is 9.19. The number of benzene rings is 1. The lowest BCUT2D eigenvalue weighted by molar-refractivity contribution is 0.0735. The number of pyridine rings is 1. The molecule has 158 valence electrons. The Labute approximate surface area is 183 Å². The number of hydrogen-bond acceptors (Lipinski definition) is 3. The molecule has 1 saturated heterocycles. The monoisotopic (exact) mass is 424 g/mol. The molecule has 0 aliphatic carbocycles. The van der Waals surface area contributed by atoms with Crippen LogP contribution in [0.1, 0.15) is 34.5 Å². The highest BCUT2D eigenvalue weighted by molar-refractivity contribution is 6.30. The van der Waals surface area contributed by atoms with Gasteiger partial charge in [-0.1, -0.05) is 23.7 Å². The zero-order chi connectivity index (χ0) is 21.1. The Morgan fingerprint density at radius 2 is 1.93 bits per heavy atom. The zero-order valence-corrected chi connectivity index (χ0v) is 18.5. The second-order valence-corrected chi connectivity index (χ2v) is 8.88. The van der Waals surface area contributed by atoms with Crippen LogP contribution in [-0.4, -0.2) is 58.3 Å². The number of aromatic nitrogens is 2. The molecule has 1 aliphatic heterocycles. The standard InChI is InChI=1S/C24H29ClN4O/c1-18-7-14-29-17-22(26-23(29)15-18)24(30)27(2)16-20-9-12-28(13-10-20)11-8-19-3-5-21(25)6-4-19/h3-7,14-15,17,20H,8-13,16H2,1-2H3. The summed E-state index contributed by atoms with van der Waals surface area (Å²) in [6.45, 7) is 6.08. The first-order valence-electron chi connectivity index (χ1n) is 10.7. The number of halogens is 1. The van der Waals surface area contributed by atoms with Crippen molar-refractivity contribution in [3.05, 3.63) is 70.6 Å². The number of piperidine rings is 1. The number of carbonyl (C=O) groups is 1. The van der Waals surface area contributed by atoms with Gasteiger partial charge < -0.3 is 14.2 Å². The van der Waals surface area contributed by atoms with E-state index in [-0.39, 0.29) is 5.91 Å². The van der Waals surface area contributed by atoms with E-state index in [1.807, 2.05) is 59.9 Å². The summed E-state index contributed by atoms with van der Waals surface area (Å²) in [6, 6.07) is 12.1. The molecule has 0 unspecified atom stereocenters. The van der Waals surface area contributed by atoms with Crippen molar-refractivity contribution in [1.29, 1.82) is 0 Å². The fraction of sp³-hybridized carbons (Fsp3) is 0.417. The van der Waals surface area contributed by atoms with E-state index < -0.39 is 0 Å². The number of rotatable bonds is 6. The average Bonchev–Trinajstić information content (AvgIpc) is 3.17. The fourth-order valence-corrected chi connectivity index (χ4v) is 4.31. The van der Waals surface area contributed by atoms with Gasteiger partial charge in [0.15, 0.2) is 0 Å². The number of hydrogen-bond donors (Lipinski definition) is 0. The van der Waals surface area contributed by atoms with Crippen molar-refractivity contribution in [2.24, 2.45) is 5.92 Å². The van der Waals surface area contributed by atoms with Crippen LogP contribution >= 0.6 is 11.6 Å². The Balaban J connectivity index is 1.25. The van der Waals surface area contributed by atoms with Gasteiger partial charge in [-0.15, -0.1) is 0 Å². The third kappa shape index (κ3) is 5.02. The average molecular weight is 425 g/mol. The molecular formula is C24H29ClN4O. The summed E-state index contributed by atoms with van der Waals surface area (Å²) in [7, 11) is 1.89. The SMILES string of the molecule is Cc1ccn2cc(C(=O)N(C)CC3CCN(CCc4ccc(Cl)cc4)CC3)nc2c1. The van der Waals surface area contributed by atoms with E-state index in [9.17, 15) is 4.79 Å². The predicted octanol–water partition coefficient (Wildman–Crippen LogP) is 4.32. The number of amides is 1. The second-order valence-electron chi connectivity index (χ2n) is 8.44. The molecule has 0 bridgehead atoms. The maximum atomic E-state index is 12.9. The van der Waals surface area contributed by atoms with E-state index >= 15 is 0 Å². The first-order valence-corrected chi connectivity index (χ1v) is 11.0. The Morgan fingerprint density at radius 3 is 2.67 bits per heavy atom. The number of likely N-dealkylation sites (tertiary alicyclic amines) is 1. The van der Waals surface area contributed by atoms with Crippen LogP contribution in [-0.2, 0) is 6.42 Å². The van der Waals surface area contributed by atoms with Gasteiger partial charge in [0, 0.05) is 37.6 Å². The summed E-state index contributed by atoms with van der Waals surface area (Å²) < 4.78 is 1.91. The van der Waals surface area contributed by atoms with Gasteiger partial charge in [0.25, 0.3) is 5.91 Å². The molecule has 3 aromatic rings. The van der Waals surface area contributed by atoms with Gasteiger partial charge in [0.2, 0.25) is 0 Å². The molecule has 0 saturated carbocycles. The van der Waals surface area contributed by atoms with Gasteiger partial charge in [0.05, 0.1) is 0 Å². The third-order valence-electron chi connectivity index (χ3n) is 6.05. The maximum absolute atomic E-state index is 12.9.